The number of phenolic OH excluding ortho intramolecular Hbond substituents is 2. The molecule has 3 fully saturated rings. The Morgan fingerprint density at radius 3 is 2.46 bits per heavy atom. The van der Waals surface area contributed by atoms with E-state index in [1.54, 1.807) is 12.1 Å². The highest BCUT2D eigenvalue weighted by atomic mass is 16.6. The number of hydrogen-bond donors (Lipinski definition) is 2. The molecule has 4 rings (SSSR count). The number of esters is 2. The number of fused-ring (bicyclic) bond motifs is 1. The zero-order valence-electron chi connectivity index (χ0n) is 15.3. The monoisotopic (exact) mass is 362 g/mol. The number of aromatic hydroxyl groups is 2. The number of benzene rings is 1. The maximum absolute atomic E-state index is 11.6. The molecule has 142 valence electrons. The minimum Gasteiger partial charge on any atom is -0.508 e. The van der Waals surface area contributed by atoms with Gasteiger partial charge < -0.3 is 19.7 Å². The molecule has 2 bridgehead atoms. The fourth-order valence-corrected chi connectivity index (χ4v) is 4.20. The number of carbonyl (C=O) groups excluding carboxylic acids is 2. The maximum atomic E-state index is 11.6. The van der Waals surface area contributed by atoms with Gasteiger partial charge >= 0.3 is 11.9 Å². The summed E-state index contributed by atoms with van der Waals surface area (Å²) in [5.74, 6) is 0.596. The van der Waals surface area contributed by atoms with Gasteiger partial charge in [-0.1, -0.05) is 20.8 Å². The zero-order chi connectivity index (χ0) is 19.0. The number of carbonyl (C=O) groups is 2. The molecule has 2 N–H and O–H groups in total. The van der Waals surface area contributed by atoms with Crippen LogP contribution >= 0.6 is 0 Å². The van der Waals surface area contributed by atoms with E-state index in [-0.39, 0.29) is 47.5 Å². The number of rotatable bonds is 3. The van der Waals surface area contributed by atoms with Crippen molar-refractivity contribution in [1.29, 1.82) is 0 Å². The summed E-state index contributed by atoms with van der Waals surface area (Å²) in [4.78, 5) is 23.1. The van der Waals surface area contributed by atoms with Crippen molar-refractivity contribution in [1.82, 2.24) is 0 Å². The smallest absolute Gasteiger partial charge is 0.309 e. The van der Waals surface area contributed by atoms with Crippen LogP contribution in [0.15, 0.2) is 18.2 Å². The number of phenols is 2. The van der Waals surface area contributed by atoms with Gasteiger partial charge in [-0.3, -0.25) is 9.59 Å². The maximum Gasteiger partial charge on any atom is 0.309 e. The lowest BCUT2D eigenvalue weighted by atomic mass is 9.88. The standard InChI is InChI=1S/C12H16O4.C8H10O2/c1-5(2)11(13)15-9-6-3-7-8(4-6)12(14)16-10(7)9;1-2-6-3-7(9)5-8(10)4-6/h5-10H,3-4H2,1-2H3;3-5,9-10H,2H2,1H3. The van der Waals surface area contributed by atoms with Crippen molar-refractivity contribution in [2.24, 2.45) is 23.7 Å². The van der Waals surface area contributed by atoms with Gasteiger partial charge in [-0.2, -0.15) is 0 Å². The Morgan fingerprint density at radius 2 is 1.88 bits per heavy atom. The van der Waals surface area contributed by atoms with Gasteiger partial charge in [0.15, 0.2) is 0 Å². The largest absolute Gasteiger partial charge is 0.508 e. The minimum absolute atomic E-state index is 0.0828. The highest BCUT2D eigenvalue weighted by molar-refractivity contribution is 5.77. The first-order chi connectivity index (χ1) is 12.3. The second kappa shape index (κ2) is 7.17. The molecule has 0 radical (unpaired) electrons. The van der Waals surface area contributed by atoms with E-state index in [1.165, 1.54) is 6.07 Å². The molecule has 6 nitrogen and oxygen atoms in total. The van der Waals surface area contributed by atoms with Crippen molar-refractivity contribution in [3.8, 4) is 11.5 Å². The lowest BCUT2D eigenvalue weighted by molar-refractivity contribution is -0.164. The van der Waals surface area contributed by atoms with E-state index in [9.17, 15) is 9.59 Å². The van der Waals surface area contributed by atoms with Crippen LogP contribution < -0.4 is 0 Å². The van der Waals surface area contributed by atoms with Gasteiger partial charge in [-0.25, -0.2) is 0 Å². The van der Waals surface area contributed by atoms with Crippen LogP contribution in [0.1, 0.15) is 39.2 Å². The Labute approximate surface area is 153 Å². The molecule has 5 unspecified atom stereocenters. The second-order valence-electron chi connectivity index (χ2n) is 7.67. The fraction of sp³-hybridized carbons (Fsp3) is 0.600. The van der Waals surface area contributed by atoms with Crippen LogP contribution in [-0.4, -0.2) is 34.4 Å². The predicted molar refractivity (Wildman–Crippen MR) is 93.5 cm³/mol. The molecule has 0 spiro atoms. The summed E-state index contributed by atoms with van der Waals surface area (Å²) in [6.45, 7) is 5.60. The van der Waals surface area contributed by atoms with E-state index in [1.807, 2.05) is 20.8 Å². The summed E-state index contributed by atoms with van der Waals surface area (Å²) in [6.07, 6.45) is 2.32. The molecule has 2 saturated carbocycles. The molecule has 0 aromatic heterocycles. The molecule has 5 atom stereocenters. The van der Waals surface area contributed by atoms with Gasteiger partial charge in [0.1, 0.15) is 23.7 Å². The first-order valence-electron chi connectivity index (χ1n) is 9.23. The summed E-state index contributed by atoms with van der Waals surface area (Å²) < 4.78 is 10.8. The quantitative estimate of drug-likeness (QED) is 0.803. The molecule has 6 heteroatoms. The van der Waals surface area contributed by atoms with Crippen molar-refractivity contribution >= 4 is 11.9 Å². The van der Waals surface area contributed by atoms with Crippen molar-refractivity contribution in [2.75, 3.05) is 0 Å². The van der Waals surface area contributed by atoms with Crippen molar-refractivity contribution in [3.05, 3.63) is 23.8 Å². The normalized spacial score (nSPS) is 30.8. The number of ether oxygens (including phenoxy) is 2. The third kappa shape index (κ3) is 3.50. The highest BCUT2D eigenvalue weighted by Crippen LogP contribution is 2.55. The Kier molecular flexibility index (Phi) is 5.12. The van der Waals surface area contributed by atoms with Crippen molar-refractivity contribution in [3.63, 3.8) is 0 Å². The van der Waals surface area contributed by atoms with E-state index in [2.05, 4.69) is 0 Å². The van der Waals surface area contributed by atoms with Gasteiger partial charge in [-0.15, -0.1) is 0 Å². The summed E-state index contributed by atoms with van der Waals surface area (Å²) in [6, 6.07) is 4.60. The lowest BCUT2D eigenvalue weighted by Gasteiger charge is -2.25. The van der Waals surface area contributed by atoms with E-state index >= 15 is 0 Å². The van der Waals surface area contributed by atoms with Crippen LogP contribution in [0, 0.1) is 23.7 Å². The molecular formula is C20H26O6. The van der Waals surface area contributed by atoms with E-state index in [0.29, 0.717) is 11.8 Å². The van der Waals surface area contributed by atoms with Crippen LogP contribution in [-0.2, 0) is 25.5 Å². The van der Waals surface area contributed by atoms with Crippen LogP contribution in [0.5, 0.6) is 11.5 Å². The summed E-state index contributed by atoms with van der Waals surface area (Å²) in [5.41, 5.74) is 0.942. The average Bonchev–Trinajstić information content (AvgIpc) is 3.19. The van der Waals surface area contributed by atoms with Crippen LogP contribution in [0.25, 0.3) is 0 Å². The Bertz CT molecular complexity index is 677. The number of hydrogen-bond acceptors (Lipinski definition) is 6. The summed E-state index contributed by atoms with van der Waals surface area (Å²) in [7, 11) is 0. The molecule has 2 aliphatic carbocycles. The first kappa shape index (κ1) is 18.5. The van der Waals surface area contributed by atoms with Gasteiger partial charge in [0.2, 0.25) is 0 Å². The molecule has 1 heterocycles. The molecule has 1 aromatic carbocycles. The van der Waals surface area contributed by atoms with Gasteiger partial charge in [0, 0.05) is 17.9 Å². The SMILES string of the molecule is CC(C)C(=O)OC1C2CC3C(=O)OC1C3C2.CCc1cc(O)cc(O)c1. The highest BCUT2D eigenvalue weighted by Gasteiger charge is 2.63. The van der Waals surface area contributed by atoms with Crippen molar-refractivity contribution in [2.45, 2.75) is 52.2 Å². The molecule has 26 heavy (non-hydrogen) atoms. The van der Waals surface area contributed by atoms with Gasteiger partial charge in [-0.05, 0) is 37.0 Å². The van der Waals surface area contributed by atoms with Gasteiger partial charge in [0.25, 0.3) is 0 Å². The van der Waals surface area contributed by atoms with Crippen LogP contribution in [0.4, 0.5) is 0 Å². The van der Waals surface area contributed by atoms with Crippen molar-refractivity contribution < 1.29 is 29.3 Å². The number of aryl methyl sites for hydroxylation is 1. The first-order valence-corrected chi connectivity index (χ1v) is 9.23. The average molecular weight is 362 g/mol. The molecule has 1 aliphatic heterocycles. The molecule has 1 saturated heterocycles. The second-order valence-corrected chi connectivity index (χ2v) is 7.67. The predicted octanol–water partition coefficient (Wildman–Crippen LogP) is 2.80. The summed E-state index contributed by atoms with van der Waals surface area (Å²) >= 11 is 0. The topological polar surface area (TPSA) is 93.1 Å². The molecular weight excluding hydrogens is 336 g/mol. The fourth-order valence-electron chi connectivity index (χ4n) is 4.20. The van der Waals surface area contributed by atoms with E-state index in [0.717, 1.165) is 24.8 Å². The molecule has 3 aliphatic rings. The Hall–Kier alpha value is -2.24. The molecule has 1 aromatic rings. The van der Waals surface area contributed by atoms with Crippen LogP contribution in [0.3, 0.4) is 0 Å². The third-order valence-electron chi connectivity index (χ3n) is 5.51. The molecule has 0 amide bonds. The Morgan fingerprint density at radius 1 is 1.23 bits per heavy atom. The Balaban J connectivity index is 0.000000170. The zero-order valence-corrected chi connectivity index (χ0v) is 15.3. The minimum atomic E-state index is -0.183. The van der Waals surface area contributed by atoms with E-state index < -0.39 is 0 Å². The third-order valence-corrected chi connectivity index (χ3v) is 5.51. The van der Waals surface area contributed by atoms with E-state index in [4.69, 9.17) is 19.7 Å². The van der Waals surface area contributed by atoms with Gasteiger partial charge in [0.05, 0.1) is 11.8 Å². The lowest BCUT2D eigenvalue weighted by Crippen LogP contribution is -2.36. The summed E-state index contributed by atoms with van der Waals surface area (Å²) in [5, 5.41) is 17.9. The van der Waals surface area contributed by atoms with Crippen LogP contribution in [0.2, 0.25) is 0 Å².